The standard InChI is InChI=1S/C21H25BrClN3O2/c1-14-4-7-20(17(22)12-14)28-15(2)21(27)24-18-13-16(23)5-6-19(18)26-10-8-25(3)9-11-26/h4-7,12-13,15H,8-11H2,1-3H3,(H,24,27). The number of benzene rings is 2. The molecule has 0 aromatic heterocycles. The van der Waals surface area contributed by atoms with E-state index in [4.69, 9.17) is 16.3 Å². The van der Waals surface area contributed by atoms with Crippen LogP contribution in [0, 0.1) is 6.92 Å². The molecule has 1 saturated heterocycles. The van der Waals surface area contributed by atoms with Crippen LogP contribution in [0.2, 0.25) is 5.02 Å². The topological polar surface area (TPSA) is 44.8 Å². The number of rotatable bonds is 5. The van der Waals surface area contributed by atoms with E-state index in [-0.39, 0.29) is 5.91 Å². The second-order valence-electron chi connectivity index (χ2n) is 7.14. The highest BCUT2D eigenvalue weighted by Gasteiger charge is 2.21. The van der Waals surface area contributed by atoms with E-state index in [0.717, 1.165) is 41.9 Å². The minimum Gasteiger partial charge on any atom is -0.480 e. The molecule has 2 aromatic rings. The van der Waals surface area contributed by atoms with Gasteiger partial charge in [-0.25, -0.2) is 0 Å². The highest BCUT2D eigenvalue weighted by atomic mass is 79.9. The minimum atomic E-state index is -0.654. The van der Waals surface area contributed by atoms with Crippen LogP contribution in [0.1, 0.15) is 12.5 Å². The monoisotopic (exact) mass is 465 g/mol. The van der Waals surface area contributed by atoms with Crippen molar-refractivity contribution in [2.75, 3.05) is 43.4 Å². The maximum atomic E-state index is 12.8. The third-order valence-electron chi connectivity index (χ3n) is 4.82. The smallest absolute Gasteiger partial charge is 0.265 e. The summed E-state index contributed by atoms with van der Waals surface area (Å²) in [5.41, 5.74) is 2.81. The lowest BCUT2D eigenvalue weighted by atomic mass is 10.2. The number of halogens is 2. The lowest BCUT2D eigenvalue weighted by Gasteiger charge is -2.35. The fourth-order valence-corrected chi connectivity index (χ4v) is 3.87. The summed E-state index contributed by atoms with van der Waals surface area (Å²) in [5, 5.41) is 3.58. The molecule has 1 amide bonds. The van der Waals surface area contributed by atoms with Crippen molar-refractivity contribution in [1.82, 2.24) is 4.90 Å². The number of amides is 1. The summed E-state index contributed by atoms with van der Waals surface area (Å²) in [5.74, 6) is 0.420. The van der Waals surface area contributed by atoms with Crippen LogP contribution in [0.3, 0.4) is 0 Å². The summed E-state index contributed by atoms with van der Waals surface area (Å²) in [6.45, 7) is 7.52. The molecule has 5 nitrogen and oxygen atoms in total. The molecule has 0 bridgehead atoms. The van der Waals surface area contributed by atoms with Gasteiger partial charge in [-0.15, -0.1) is 0 Å². The first-order valence-electron chi connectivity index (χ1n) is 9.30. The molecule has 150 valence electrons. The van der Waals surface area contributed by atoms with E-state index in [9.17, 15) is 4.79 Å². The van der Waals surface area contributed by atoms with Gasteiger partial charge in [0.25, 0.3) is 5.91 Å². The van der Waals surface area contributed by atoms with Crippen molar-refractivity contribution in [2.45, 2.75) is 20.0 Å². The number of piperazine rings is 1. The van der Waals surface area contributed by atoms with Gasteiger partial charge >= 0.3 is 0 Å². The lowest BCUT2D eigenvalue weighted by molar-refractivity contribution is -0.122. The number of carbonyl (C=O) groups is 1. The van der Waals surface area contributed by atoms with Crippen molar-refractivity contribution in [2.24, 2.45) is 0 Å². The molecule has 0 spiro atoms. The molecule has 1 heterocycles. The number of ether oxygens (including phenoxy) is 1. The van der Waals surface area contributed by atoms with Gasteiger partial charge < -0.3 is 19.9 Å². The largest absolute Gasteiger partial charge is 0.480 e. The first-order chi connectivity index (χ1) is 13.3. The van der Waals surface area contributed by atoms with Gasteiger partial charge in [-0.1, -0.05) is 17.7 Å². The third-order valence-corrected chi connectivity index (χ3v) is 5.68. The molecule has 1 fully saturated rings. The first-order valence-corrected chi connectivity index (χ1v) is 10.5. The Morgan fingerprint density at radius 2 is 1.89 bits per heavy atom. The molecule has 0 saturated carbocycles. The molecule has 1 aliphatic heterocycles. The van der Waals surface area contributed by atoms with E-state index >= 15 is 0 Å². The average molecular weight is 467 g/mol. The van der Waals surface area contributed by atoms with Crippen molar-refractivity contribution >= 4 is 44.8 Å². The van der Waals surface area contributed by atoms with Crippen LogP contribution in [0.5, 0.6) is 5.75 Å². The number of likely N-dealkylation sites (N-methyl/N-ethyl adjacent to an activating group) is 1. The summed E-state index contributed by atoms with van der Waals surface area (Å²) in [6.07, 6.45) is -0.654. The van der Waals surface area contributed by atoms with Gasteiger partial charge in [0.05, 0.1) is 15.8 Å². The number of nitrogens with one attached hydrogen (secondary N) is 1. The van der Waals surface area contributed by atoms with Gasteiger partial charge in [0.15, 0.2) is 6.10 Å². The van der Waals surface area contributed by atoms with Gasteiger partial charge in [-0.05, 0) is 72.7 Å². The van der Waals surface area contributed by atoms with Crippen LogP contribution in [-0.4, -0.2) is 50.1 Å². The summed E-state index contributed by atoms with van der Waals surface area (Å²) < 4.78 is 6.68. The van der Waals surface area contributed by atoms with Crippen LogP contribution in [0.4, 0.5) is 11.4 Å². The van der Waals surface area contributed by atoms with Crippen LogP contribution in [0.15, 0.2) is 40.9 Å². The Labute approximate surface area is 179 Å². The Balaban J connectivity index is 1.73. The van der Waals surface area contributed by atoms with Gasteiger partial charge in [0, 0.05) is 31.2 Å². The second-order valence-corrected chi connectivity index (χ2v) is 8.43. The van der Waals surface area contributed by atoms with Crippen LogP contribution >= 0.6 is 27.5 Å². The van der Waals surface area contributed by atoms with Gasteiger partial charge in [0.2, 0.25) is 0 Å². The second kappa shape index (κ2) is 9.16. The zero-order valence-electron chi connectivity index (χ0n) is 16.3. The highest BCUT2D eigenvalue weighted by Crippen LogP contribution is 2.31. The van der Waals surface area contributed by atoms with E-state index in [1.54, 1.807) is 13.0 Å². The van der Waals surface area contributed by atoms with Crippen LogP contribution in [-0.2, 0) is 4.79 Å². The number of nitrogens with zero attached hydrogens (tertiary/aromatic N) is 2. The first kappa shape index (κ1) is 21.0. The van der Waals surface area contributed by atoms with Crippen molar-refractivity contribution < 1.29 is 9.53 Å². The van der Waals surface area contributed by atoms with Crippen molar-refractivity contribution in [3.8, 4) is 5.75 Å². The van der Waals surface area contributed by atoms with Gasteiger partial charge in [-0.3, -0.25) is 4.79 Å². The average Bonchev–Trinajstić information content (AvgIpc) is 2.65. The Morgan fingerprint density at radius 1 is 1.18 bits per heavy atom. The van der Waals surface area contributed by atoms with E-state index in [1.165, 1.54) is 0 Å². The van der Waals surface area contributed by atoms with Crippen LogP contribution in [0.25, 0.3) is 0 Å². The minimum absolute atomic E-state index is 0.217. The molecule has 2 aromatic carbocycles. The number of anilines is 2. The van der Waals surface area contributed by atoms with Crippen molar-refractivity contribution in [3.63, 3.8) is 0 Å². The maximum absolute atomic E-state index is 12.8. The number of hydrogen-bond acceptors (Lipinski definition) is 4. The van der Waals surface area contributed by atoms with E-state index in [2.05, 4.69) is 38.1 Å². The van der Waals surface area contributed by atoms with E-state index in [0.29, 0.717) is 16.5 Å². The summed E-state index contributed by atoms with van der Waals surface area (Å²) in [6, 6.07) is 11.4. The lowest BCUT2D eigenvalue weighted by Crippen LogP contribution is -2.44. The maximum Gasteiger partial charge on any atom is 0.265 e. The predicted molar refractivity (Wildman–Crippen MR) is 119 cm³/mol. The van der Waals surface area contributed by atoms with Crippen LogP contribution < -0.4 is 15.0 Å². The molecule has 1 aliphatic rings. The summed E-state index contributed by atoms with van der Waals surface area (Å²) >= 11 is 9.68. The predicted octanol–water partition coefficient (Wildman–Crippen LogP) is 4.57. The molecule has 1 unspecified atom stereocenters. The molecule has 28 heavy (non-hydrogen) atoms. The number of carbonyl (C=O) groups excluding carboxylic acids is 1. The fraction of sp³-hybridized carbons (Fsp3) is 0.381. The summed E-state index contributed by atoms with van der Waals surface area (Å²) in [7, 11) is 2.12. The van der Waals surface area contributed by atoms with E-state index in [1.807, 2.05) is 37.3 Å². The molecule has 0 aliphatic carbocycles. The normalized spacial score (nSPS) is 16.0. The number of aryl methyl sites for hydroxylation is 1. The molecule has 7 heteroatoms. The number of hydrogen-bond donors (Lipinski definition) is 1. The Kier molecular flexibility index (Phi) is 6.86. The fourth-order valence-electron chi connectivity index (χ4n) is 3.11. The molecule has 0 radical (unpaired) electrons. The Morgan fingerprint density at radius 3 is 2.57 bits per heavy atom. The molecular formula is C21H25BrClN3O2. The van der Waals surface area contributed by atoms with Gasteiger partial charge in [0.1, 0.15) is 5.75 Å². The SMILES string of the molecule is Cc1ccc(OC(C)C(=O)Nc2cc(Cl)ccc2N2CCN(C)CC2)c(Br)c1. The zero-order valence-corrected chi connectivity index (χ0v) is 18.7. The Bertz CT molecular complexity index is 854. The Hall–Kier alpha value is -1.76. The quantitative estimate of drug-likeness (QED) is 0.701. The highest BCUT2D eigenvalue weighted by molar-refractivity contribution is 9.10. The van der Waals surface area contributed by atoms with E-state index < -0.39 is 6.10 Å². The molecular weight excluding hydrogens is 442 g/mol. The third kappa shape index (κ3) is 5.19. The molecule has 1 atom stereocenters. The molecule has 3 rings (SSSR count). The van der Waals surface area contributed by atoms with Crippen molar-refractivity contribution in [1.29, 1.82) is 0 Å². The summed E-state index contributed by atoms with van der Waals surface area (Å²) in [4.78, 5) is 17.3. The van der Waals surface area contributed by atoms with Crippen molar-refractivity contribution in [3.05, 3.63) is 51.5 Å². The molecule has 1 N–H and O–H groups in total. The van der Waals surface area contributed by atoms with Gasteiger partial charge in [-0.2, -0.15) is 0 Å². The zero-order chi connectivity index (χ0) is 20.3.